The summed E-state index contributed by atoms with van der Waals surface area (Å²) in [7, 11) is 0. The molecule has 1 heteroatoms. The Hall–Kier alpha value is -4.36. The Morgan fingerprint density at radius 1 is 0.412 bits per heavy atom. The van der Waals surface area contributed by atoms with Gasteiger partial charge in [-0.1, -0.05) is 97.1 Å². The maximum Gasteiger partial charge on any atom is 0.115 e. The minimum atomic E-state index is -0.458. The fourth-order valence-electron chi connectivity index (χ4n) is 5.91. The maximum atomic E-state index is 10.1. The number of fused-ring (bicyclic) bond motifs is 5. The third kappa shape index (κ3) is 2.55. The molecule has 160 valence electrons. The molecule has 0 radical (unpaired) electrons. The second-order valence-corrected chi connectivity index (χ2v) is 9.15. The first-order chi connectivity index (χ1) is 16.7. The van der Waals surface area contributed by atoms with Crippen LogP contribution in [0.2, 0.25) is 0 Å². The third-order valence-electron chi connectivity index (χ3n) is 7.39. The van der Waals surface area contributed by atoms with Crippen molar-refractivity contribution in [2.24, 2.45) is 0 Å². The molecule has 0 atom stereocenters. The van der Waals surface area contributed by atoms with E-state index in [1.165, 1.54) is 49.4 Å². The SMILES string of the molecule is Oc1ccc(C2(c3ccc4cc5ccccc5cc4c3)c3ccccc3-c3ccccc32)cc1. The first kappa shape index (κ1) is 19.1. The molecule has 1 N–H and O–H groups in total. The molecule has 1 aliphatic rings. The van der Waals surface area contributed by atoms with E-state index in [0.717, 1.165) is 5.56 Å². The first-order valence-electron chi connectivity index (χ1n) is 11.7. The van der Waals surface area contributed by atoms with E-state index in [2.05, 4.69) is 115 Å². The van der Waals surface area contributed by atoms with Crippen molar-refractivity contribution < 1.29 is 5.11 Å². The lowest BCUT2D eigenvalue weighted by molar-refractivity contribution is 0.475. The lowest BCUT2D eigenvalue weighted by atomic mass is 9.67. The number of benzene rings is 6. The summed E-state index contributed by atoms with van der Waals surface area (Å²) in [6.45, 7) is 0. The Kier molecular flexibility index (Phi) is 3.98. The van der Waals surface area contributed by atoms with Gasteiger partial charge in [0, 0.05) is 0 Å². The molecular formula is C33H22O. The molecule has 34 heavy (non-hydrogen) atoms. The summed E-state index contributed by atoms with van der Waals surface area (Å²) in [5.41, 5.74) is 7.03. The van der Waals surface area contributed by atoms with Gasteiger partial charge >= 0.3 is 0 Å². The van der Waals surface area contributed by atoms with Gasteiger partial charge in [0.25, 0.3) is 0 Å². The summed E-state index contributed by atoms with van der Waals surface area (Å²) in [6.07, 6.45) is 0. The number of phenols is 1. The molecule has 0 spiro atoms. The Labute approximate surface area is 198 Å². The largest absolute Gasteiger partial charge is 0.508 e. The Morgan fingerprint density at radius 2 is 0.912 bits per heavy atom. The zero-order valence-electron chi connectivity index (χ0n) is 18.6. The van der Waals surface area contributed by atoms with Crippen molar-refractivity contribution in [3.05, 3.63) is 150 Å². The second-order valence-electron chi connectivity index (χ2n) is 9.15. The van der Waals surface area contributed by atoms with Crippen LogP contribution in [0.5, 0.6) is 5.75 Å². The van der Waals surface area contributed by atoms with Gasteiger partial charge in [0.1, 0.15) is 5.75 Å². The lowest BCUT2D eigenvalue weighted by Gasteiger charge is -2.34. The monoisotopic (exact) mass is 434 g/mol. The molecule has 6 aromatic rings. The van der Waals surface area contributed by atoms with Crippen LogP contribution in [0.25, 0.3) is 32.7 Å². The Balaban J connectivity index is 1.61. The van der Waals surface area contributed by atoms with Crippen LogP contribution in [0, 0.1) is 0 Å². The molecule has 6 aromatic carbocycles. The van der Waals surface area contributed by atoms with E-state index in [-0.39, 0.29) is 5.75 Å². The maximum absolute atomic E-state index is 10.1. The molecule has 1 nitrogen and oxygen atoms in total. The fourth-order valence-corrected chi connectivity index (χ4v) is 5.91. The van der Waals surface area contributed by atoms with Crippen LogP contribution >= 0.6 is 0 Å². The van der Waals surface area contributed by atoms with Crippen molar-refractivity contribution >= 4 is 21.5 Å². The molecule has 0 aromatic heterocycles. The zero-order chi connectivity index (χ0) is 22.7. The van der Waals surface area contributed by atoms with Gasteiger partial charge in [-0.05, 0) is 85.3 Å². The molecule has 7 rings (SSSR count). The Morgan fingerprint density at radius 3 is 1.56 bits per heavy atom. The van der Waals surface area contributed by atoms with Crippen molar-refractivity contribution in [3.63, 3.8) is 0 Å². The highest BCUT2D eigenvalue weighted by Gasteiger charge is 2.45. The van der Waals surface area contributed by atoms with Gasteiger partial charge in [-0.2, -0.15) is 0 Å². The number of rotatable bonds is 2. The quantitative estimate of drug-likeness (QED) is 0.273. The molecule has 0 amide bonds. The number of hydrogen-bond acceptors (Lipinski definition) is 1. The van der Waals surface area contributed by atoms with E-state index in [9.17, 15) is 5.11 Å². The standard InChI is InChI=1S/C33H22O/c34-28-17-15-26(16-18-28)33(31-11-5-3-9-29(31)30-10-4-6-12-32(30)33)27-14-13-24-19-22-7-1-2-8-23(22)20-25(24)21-27/h1-21,34H. The molecule has 0 saturated heterocycles. The zero-order valence-corrected chi connectivity index (χ0v) is 18.6. The van der Waals surface area contributed by atoms with E-state index in [0.29, 0.717) is 0 Å². The summed E-state index contributed by atoms with van der Waals surface area (Å²) in [6, 6.07) is 45.2. The third-order valence-corrected chi connectivity index (χ3v) is 7.39. The van der Waals surface area contributed by atoms with Gasteiger partial charge < -0.3 is 5.11 Å². The van der Waals surface area contributed by atoms with Crippen LogP contribution < -0.4 is 0 Å². The van der Waals surface area contributed by atoms with E-state index in [4.69, 9.17) is 0 Å². The summed E-state index contributed by atoms with van der Waals surface area (Å²) < 4.78 is 0. The van der Waals surface area contributed by atoms with Gasteiger partial charge in [0.15, 0.2) is 0 Å². The highest BCUT2D eigenvalue weighted by Crippen LogP contribution is 2.56. The van der Waals surface area contributed by atoms with E-state index < -0.39 is 5.41 Å². The highest BCUT2D eigenvalue weighted by molar-refractivity contribution is 5.99. The predicted molar refractivity (Wildman–Crippen MR) is 140 cm³/mol. The summed E-state index contributed by atoms with van der Waals surface area (Å²) >= 11 is 0. The number of phenolic OH excluding ortho intramolecular Hbond substituents is 1. The molecule has 0 saturated carbocycles. The molecule has 1 aliphatic carbocycles. The van der Waals surface area contributed by atoms with Gasteiger partial charge in [0.2, 0.25) is 0 Å². The average molecular weight is 435 g/mol. The number of hydrogen-bond donors (Lipinski definition) is 1. The van der Waals surface area contributed by atoms with Crippen LogP contribution in [0.1, 0.15) is 22.3 Å². The molecule has 0 unspecified atom stereocenters. The van der Waals surface area contributed by atoms with E-state index >= 15 is 0 Å². The average Bonchev–Trinajstić information content (AvgIpc) is 3.19. The highest BCUT2D eigenvalue weighted by atomic mass is 16.3. The molecule has 0 bridgehead atoms. The van der Waals surface area contributed by atoms with Gasteiger partial charge in [0.05, 0.1) is 5.41 Å². The van der Waals surface area contributed by atoms with Gasteiger partial charge in [-0.25, -0.2) is 0 Å². The molecule has 0 aliphatic heterocycles. The van der Waals surface area contributed by atoms with Crippen LogP contribution in [-0.2, 0) is 5.41 Å². The minimum absolute atomic E-state index is 0.281. The molecule has 0 heterocycles. The van der Waals surface area contributed by atoms with Crippen molar-refractivity contribution in [1.29, 1.82) is 0 Å². The second kappa shape index (κ2) is 7.07. The van der Waals surface area contributed by atoms with Gasteiger partial charge in [-0.15, -0.1) is 0 Å². The summed E-state index contributed by atoms with van der Waals surface area (Å²) in [5.74, 6) is 0.281. The Bertz CT molecular complexity index is 1660. The predicted octanol–water partition coefficient (Wildman–Crippen LogP) is 8.06. The number of aromatic hydroxyl groups is 1. The summed E-state index contributed by atoms with van der Waals surface area (Å²) in [4.78, 5) is 0. The van der Waals surface area contributed by atoms with Gasteiger partial charge in [-0.3, -0.25) is 0 Å². The summed E-state index contributed by atoms with van der Waals surface area (Å²) in [5, 5.41) is 15.1. The van der Waals surface area contributed by atoms with Crippen molar-refractivity contribution in [2.45, 2.75) is 5.41 Å². The van der Waals surface area contributed by atoms with Crippen LogP contribution in [0.4, 0.5) is 0 Å². The van der Waals surface area contributed by atoms with Crippen LogP contribution in [0.15, 0.2) is 127 Å². The van der Waals surface area contributed by atoms with E-state index in [1.807, 2.05) is 0 Å². The smallest absolute Gasteiger partial charge is 0.115 e. The fraction of sp³-hybridized carbons (Fsp3) is 0.0303. The molecule has 0 fully saturated rings. The van der Waals surface area contributed by atoms with Crippen molar-refractivity contribution in [2.75, 3.05) is 0 Å². The van der Waals surface area contributed by atoms with Crippen LogP contribution in [0.3, 0.4) is 0 Å². The van der Waals surface area contributed by atoms with Crippen LogP contribution in [-0.4, -0.2) is 5.11 Å². The topological polar surface area (TPSA) is 20.2 Å². The molecular weight excluding hydrogens is 412 g/mol. The first-order valence-corrected chi connectivity index (χ1v) is 11.7. The lowest BCUT2D eigenvalue weighted by Crippen LogP contribution is -2.28. The van der Waals surface area contributed by atoms with Crippen molar-refractivity contribution in [3.8, 4) is 16.9 Å². The minimum Gasteiger partial charge on any atom is -0.508 e. The van der Waals surface area contributed by atoms with E-state index in [1.54, 1.807) is 12.1 Å². The normalized spacial score (nSPS) is 13.6. The van der Waals surface area contributed by atoms with Crippen molar-refractivity contribution in [1.82, 2.24) is 0 Å².